The van der Waals surface area contributed by atoms with Crippen LogP contribution in [0.4, 0.5) is 5.69 Å². The van der Waals surface area contributed by atoms with Gasteiger partial charge >= 0.3 is 0 Å². The van der Waals surface area contributed by atoms with Crippen molar-refractivity contribution in [1.82, 2.24) is 4.90 Å². The smallest absolute Gasteiger partial charge is 0.266 e. The fraction of sp³-hybridized carbons (Fsp3) is 0.538. The summed E-state index contributed by atoms with van der Waals surface area (Å²) in [7, 11) is -2.47. The molecule has 1 heterocycles. The number of phenolic OH excluding ortho intramolecular Hbond substituents is 1. The molecule has 0 aliphatic carbocycles. The summed E-state index contributed by atoms with van der Waals surface area (Å²) >= 11 is 11.0. The molecular formula is C13H18Cl2N2O4S. The van der Waals surface area contributed by atoms with Crippen LogP contribution in [0.2, 0.25) is 0 Å². The number of morpholine rings is 1. The van der Waals surface area contributed by atoms with Crippen LogP contribution in [0.25, 0.3) is 0 Å². The molecule has 124 valence electrons. The van der Waals surface area contributed by atoms with E-state index in [1.165, 1.54) is 19.2 Å². The van der Waals surface area contributed by atoms with E-state index < -0.39 is 14.2 Å². The quantitative estimate of drug-likeness (QED) is 0.801. The van der Waals surface area contributed by atoms with Crippen LogP contribution in [0.3, 0.4) is 0 Å². The first-order valence-electron chi connectivity index (χ1n) is 6.70. The lowest BCUT2D eigenvalue weighted by Gasteiger charge is -2.27. The predicted octanol–water partition coefficient (Wildman–Crippen LogP) is 1.75. The van der Waals surface area contributed by atoms with Gasteiger partial charge in [0, 0.05) is 32.2 Å². The Morgan fingerprint density at radius 2 is 2.00 bits per heavy atom. The van der Waals surface area contributed by atoms with Crippen LogP contribution in [-0.2, 0) is 21.3 Å². The Morgan fingerprint density at radius 3 is 2.59 bits per heavy atom. The van der Waals surface area contributed by atoms with E-state index in [1.807, 2.05) is 0 Å². The Bertz CT molecular complexity index is 618. The van der Waals surface area contributed by atoms with Gasteiger partial charge in [0.1, 0.15) is 5.75 Å². The number of nitrogens with zero attached hydrogens (tertiary/aromatic N) is 2. The number of phenols is 1. The Hall–Kier alpha value is -0.730. The van der Waals surface area contributed by atoms with E-state index in [9.17, 15) is 13.5 Å². The lowest BCUT2D eigenvalue weighted by Crippen LogP contribution is -2.35. The van der Waals surface area contributed by atoms with Gasteiger partial charge in [-0.25, -0.2) is 8.42 Å². The van der Waals surface area contributed by atoms with Gasteiger partial charge in [-0.1, -0.05) is 23.2 Å². The summed E-state index contributed by atoms with van der Waals surface area (Å²) in [5, 5.41) is 9.98. The largest absolute Gasteiger partial charge is 0.508 e. The Labute approximate surface area is 140 Å². The van der Waals surface area contributed by atoms with Crippen molar-refractivity contribution in [3.8, 4) is 5.75 Å². The number of halogens is 2. The summed E-state index contributed by atoms with van der Waals surface area (Å²) in [5.74, 6) is 0.120. The fourth-order valence-corrected chi connectivity index (χ4v) is 3.52. The van der Waals surface area contributed by atoms with E-state index >= 15 is 0 Å². The van der Waals surface area contributed by atoms with E-state index in [4.69, 9.17) is 27.9 Å². The highest BCUT2D eigenvalue weighted by Crippen LogP contribution is 2.28. The van der Waals surface area contributed by atoms with E-state index in [2.05, 4.69) is 4.90 Å². The third kappa shape index (κ3) is 3.97. The molecular weight excluding hydrogens is 351 g/mol. The van der Waals surface area contributed by atoms with Gasteiger partial charge < -0.3 is 9.84 Å². The zero-order chi connectivity index (χ0) is 16.3. The number of aromatic hydroxyl groups is 1. The Kier molecular flexibility index (Phi) is 5.79. The van der Waals surface area contributed by atoms with Gasteiger partial charge in [-0.3, -0.25) is 9.21 Å². The molecule has 0 atom stereocenters. The number of sulfonamides is 1. The van der Waals surface area contributed by atoms with Crippen LogP contribution in [0.5, 0.6) is 5.75 Å². The lowest BCUT2D eigenvalue weighted by molar-refractivity contribution is 0.0339. The number of rotatable bonds is 5. The van der Waals surface area contributed by atoms with Gasteiger partial charge in [0.2, 0.25) is 4.17 Å². The number of ether oxygens (including phenoxy) is 1. The topological polar surface area (TPSA) is 70.1 Å². The van der Waals surface area contributed by atoms with Crippen LogP contribution < -0.4 is 4.31 Å². The number of hydrogen-bond donors (Lipinski definition) is 1. The minimum absolute atomic E-state index is 0.120. The average molecular weight is 369 g/mol. The second kappa shape index (κ2) is 7.23. The molecule has 6 nitrogen and oxygen atoms in total. The van der Waals surface area contributed by atoms with Crippen molar-refractivity contribution in [3.05, 3.63) is 23.8 Å². The van der Waals surface area contributed by atoms with Crippen molar-refractivity contribution in [3.63, 3.8) is 0 Å². The molecule has 1 fully saturated rings. The summed E-state index contributed by atoms with van der Waals surface area (Å²) < 4.78 is 28.7. The Balaban J connectivity index is 2.22. The molecule has 22 heavy (non-hydrogen) atoms. The van der Waals surface area contributed by atoms with E-state index in [0.29, 0.717) is 31.0 Å². The number of benzene rings is 1. The molecule has 1 aliphatic rings. The molecule has 0 unspecified atom stereocenters. The van der Waals surface area contributed by atoms with E-state index in [1.54, 1.807) is 6.07 Å². The number of anilines is 1. The summed E-state index contributed by atoms with van der Waals surface area (Å²) in [4.78, 5) is 2.13. The molecule has 0 radical (unpaired) electrons. The third-order valence-electron chi connectivity index (χ3n) is 3.53. The highest BCUT2D eigenvalue weighted by atomic mass is 35.5. The van der Waals surface area contributed by atoms with Gasteiger partial charge in [-0.15, -0.1) is 0 Å². The van der Waals surface area contributed by atoms with Crippen LogP contribution in [0.1, 0.15) is 5.56 Å². The molecule has 1 aliphatic heterocycles. The first kappa shape index (κ1) is 17.6. The number of alkyl halides is 2. The summed E-state index contributed by atoms with van der Waals surface area (Å²) in [6, 6.07) is 4.60. The van der Waals surface area contributed by atoms with Gasteiger partial charge in [-0.2, -0.15) is 0 Å². The van der Waals surface area contributed by atoms with Gasteiger partial charge in [0.25, 0.3) is 10.0 Å². The maximum absolute atomic E-state index is 12.0. The van der Waals surface area contributed by atoms with E-state index in [-0.39, 0.29) is 5.75 Å². The van der Waals surface area contributed by atoms with Gasteiger partial charge in [0.05, 0.1) is 18.9 Å². The monoisotopic (exact) mass is 368 g/mol. The maximum atomic E-state index is 12.0. The van der Waals surface area contributed by atoms with Gasteiger partial charge in [0.15, 0.2) is 0 Å². The summed E-state index contributed by atoms with van der Waals surface area (Å²) in [6.07, 6.45) is 0. The van der Waals surface area contributed by atoms with Gasteiger partial charge in [-0.05, 0) is 18.2 Å². The SMILES string of the molecule is CN(c1ccc(O)c(CN2CCOCC2)c1)S(=O)(=O)C(Cl)Cl. The van der Waals surface area contributed by atoms with Crippen LogP contribution in [-0.4, -0.2) is 55.9 Å². The lowest BCUT2D eigenvalue weighted by atomic mass is 10.1. The third-order valence-corrected chi connectivity index (χ3v) is 6.31. The molecule has 1 aromatic carbocycles. The molecule has 0 spiro atoms. The van der Waals surface area contributed by atoms with Crippen LogP contribution in [0.15, 0.2) is 18.2 Å². The zero-order valence-corrected chi connectivity index (χ0v) is 14.4. The van der Waals surface area contributed by atoms with Crippen LogP contribution >= 0.6 is 23.2 Å². The first-order chi connectivity index (χ1) is 10.3. The first-order valence-corrected chi connectivity index (χ1v) is 9.08. The van der Waals surface area contributed by atoms with Crippen LogP contribution in [0, 0.1) is 0 Å². The normalized spacial score (nSPS) is 16.9. The minimum atomic E-state index is -3.84. The Morgan fingerprint density at radius 1 is 1.36 bits per heavy atom. The van der Waals surface area contributed by atoms with Crippen molar-refractivity contribution in [2.45, 2.75) is 10.7 Å². The second-order valence-corrected chi connectivity index (χ2v) is 8.64. The molecule has 9 heteroatoms. The summed E-state index contributed by atoms with van der Waals surface area (Å²) in [6.45, 7) is 3.35. The van der Waals surface area contributed by atoms with E-state index in [0.717, 1.165) is 17.4 Å². The predicted molar refractivity (Wildman–Crippen MR) is 87.0 cm³/mol. The highest BCUT2D eigenvalue weighted by molar-refractivity contribution is 7.95. The van der Waals surface area contributed by atoms with Crippen molar-refractivity contribution < 1.29 is 18.3 Å². The molecule has 0 aromatic heterocycles. The number of hydrogen-bond acceptors (Lipinski definition) is 5. The minimum Gasteiger partial charge on any atom is -0.508 e. The molecule has 0 amide bonds. The van der Waals surface area contributed by atoms with Crippen molar-refractivity contribution >= 4 is 38.9 Å². The zero-order valence-electron chi connectivity index (χ0n) is 12.1. The van der Waals surface area contributed by atoms with Crippen molar-refractivity contribution in [2.75, 3.05) is 37.7 Å². The maximum Gasteiger partial charge on any atom is 0.266 e. The second-order valence-electron chi connectivity index (χ2n) is 4.97. The molecule has 2 rings (SSSR count). The van der Waals surface area contributed by atoms with Crippen molar-refractivity contribution in [1.29, 1.82) is 0 Å². The summed E-state index contributed by atoms with van der Waals surface area (Å²) in [5.41, 5.74) is 1.04. The molecule has 1 aromatic rings. The van der Waals surface area contributed by atoms with Crippen molar-refractivity contribution in [2.24, 2.45) is 0 Å². The molecule has 1 saturated heterocycles. The molecule has 0 saturated carbocycles. The molecule has 1 N–H and O–H groups in total. The molecule has 0 bridgehead atoms. The average Bonchev–Trinajstić information content (AvgIpc) is 2.49. The fourth-order valence-electron chi connectivity index (χ4n) is 2.16. The standard InChI is InChI=1S/C13H18Cl2N2O4S/c1-16(22(19,20)13(14)15)11-2-3-12(18)10(8-11)9-17-4-6-21-7-5-17/h2-3,8,13,18H,4-7,9H2,1H3. The highest BCUT2D eigenvalue weighted by Gasteiger charge is 2.27.